The van der Waals surface area contributed by atoms with Crippen molar-refractivity contribution in [3.63, 3.8) is 0 Å². The summed E-state index contributed by atoms with van der Waals surface area (Å²) in [6, 6.07) is 22.2. The average Bonchev–Trinajstić information content (AvgIpc) is 3.20. The quantitative estimate of drug-likeness (QED) is 0.251. The lowest BCUT2D eigenvalue weighted by Crippen LogP contribution is -2.24. The summed E-state index contributed by atoms with van der Waals surface area (Å²) in [6.45, 7) is 1.79. The van der Waals surface area contributed by atoms with Gasteiger partial charge in [0.15, 0.2) is 0 Å². The number of hydrogen-bond acceptors (Lipinski definition) is 1. The highest BCUT2D eigenvalue weighted by molar-refractivity contribution is 5.26. The van der Waals surface area contributed by atoms with Crippen LogP contribution in [0.1, 0.15) is 27.9 Å². The minimum absolute atomic E-state index is 0.328. The molecule has 0 unspecified atom stereocenters. The van der Waals surface area contributed by atoms with E-state index in [1.807, 2.05) is 53.2 Å². The lowest BCUT2D eigenvalue weighted by atomic mass is 10.1. The van der Waals surface area contributed by atoms with Gasteiger partial charge >= 0.3 is 6.18 Å². The third kappa shape index (κ3) is 6.32. The molecule has 7 heteroatoms. The molecule has 0 radical (unpaired) electrons. The van der Waals surface area contributed by atoms with Crippen molar-refractivity contribution < 1.29 is 22.0 Å². The van der Waals surface area contributed by atoms with Crippen LogP contribution in [0.3, 0.4) is 0 Å². The summed E-state index contributed by atoms with van der Waals surface area (Å²) >= 11 is 0. The van der Waals surface area contributed by atoms with Crippen molar-refractivity contribution in [3.05, 3.63) is 131 Å². The molecule has 176 valence electrons. The molecule has 0 fully saturated rings. The molecule has 0 saturated carbocycles. The molecule has 0 aliphatic rings. The molecule has 1 aromatic heterocycles. The summed E-state index contributed by atoms with van der Waals surface area (Å²) in [4.78, 5) is 2.07. The van der Waals surface area contributed by atoms with Crippen LogP contribution in [0.2, 0.25) is 0 Å². The Morgan fingerprint density at radius 2 is 1.29 bits per heavy atom. The first-order valence-electron chi connectivity index (χ1n) is 10.8. The zero-order valence-electron chi connectivity index (χ0n) is 18.3. The molecule has 4 rings (SSSR count). The molecular weight excluding hydrogens is 447 g/mol. The first-order chi connectivity index (χ1) is 16.3. The minimum atomic E-state index is -4.37. The zero-order valence-corrected chi connectivity index (χ0v) is 18.3. The SMILES string of the molecule is Fc1cc(F)cc(CN(Cc2ccccc2)Cc2cccn2Cc2ccc(C(F)(F)F)cc2)c1. The number of aromatic nitrogens is 1. The van der Waals surface area contributed by atoms with Crippen molar-refractivity contribution in [2.24, 2.45) is 0 Å². The Bertz CT molecular complexity index is 1190. The molecule has 0 aliphatic carbocycles. The van der Waals surface area contributed by atoms with Gasteiger partial charge in [0.2, 0.25) is 0 Å². The van der Waals surface area contributed by atoms with Crippen LogP contribution in [-0.4, -0.2) is 9.47 Å². The molecule has 2 nitrogen and oxygen atoms in total. The van der Waals surface area contributed by atoms with Crippen molar-refractivity contribution in [1.82, 2.24) is 9.47 Å². The van der Waals surface area contributed by atoms with Gasteiger partial charge in [0, 0.05) is 44.1 Å². The van der Waals surface area contributed by atoms with Gasteiger partial charge in [-0.2, -0.15) is 13.2 Å². The molecule has 0 N–H and O–H groups in total. The summed E-state index contributed by atoms with van der Waals surface area (Å²) in [5.41, 5.74) is 2.58. The van der Waals surface area contributed by atoms with Crippen molar-refractivity contribution in [2.45, 2.75) is 32.4 Å². The van der Waals surface area contributed by atoms with E-state index in [1.54, 1.807) is 0 Å². The van der Waals surface area contributed by atoms with Gasteiger partial charge in [-0.25, -0.2) is 8.78 Å². The first-order valence-corrected chi connectivity index (χ1v) is 10.8. The summed E-state index contributed by atoms with van der Waals surface area (Å²) < 4.78 is 68.0. The van der Waals surface area contributed by atoms with Crippen molar-refractivity contribution in [2.75, 3.05) is 0 Å². The van der Waals surface area contributed by atoms with E-state index < -0.39 is 23.4 Å². The Kier molecular flexibility index (Phi) is 7.12. The number of alkyl halides is 3. The smallest absolute Gasteiger partial charge is 0.346 e. The molecule has 3 aromatic carbocycles. The molecule has 0 atom stereocenters. The van der Waals surface area contributed by atoms with E-state index in [2.05, 4.69) is 4.90 Å². The van der Waals surface area contributed by atoms with Crippen LogP contribution in [0, 0.1) is 11.6 Å². The highest BCUT2D eigenvalue weighted by Crippen LogP contribution is 2.29. The summed E-state index contributed by atoms with van der Waals surface area (Å²) in [6.07, 6.45) is -2.50. The second-order valence-corrected chi connectivity index (χ2v) is 8.23. The maximum absolute atomic E-state index is 13.8. The number of nitrogens with zero attached hydrogens (tertiary/aromatic N) is 2. The van der Waals surface area contributed by atoms with E-state index in [4.69, 9.17) is 0 Å². The summed E-state index contributed by atoms with van der Waals surface area (Å²) in [7, 11) is 0. The fourth-order valence-electron chi connectivity index (χ4n) is 3.94. The van der Waals surface area contributed by atoms with Gasteiger partial charge in [-0.15, -0.1) is 0 Å². The highest BCUT2D eigenvalue weighted by Gasteiger charge is 2.29. The van der Waals surface area contributed by atoms with Gasteiger partial charge in [-0.3, -0.25) is 4.90 Å². The summed E-state index contributed by atoms with van der Waals surface area (Å²) in [5.74, 6) is -1.25. The van der Waals surface area contributed by atoms with E-state index >= 15 is 0 Å². The Labute approximate surface area is 194 Å². The lowest BCUT2D eigenvalue weighted by molar-refractivity contribution is -0.137. The van der Waals surface area contributed by atoms with Gasteiger partial charge in [0.05, 0.1) is 5.56 Å². The monoisotopic (exact) mass is 470 g/mol. The van der Waals surface area contributed by atoms with Gasteiger partial charge in [0.25, 0.3) is 0 Å². The Morgan fingerprint density at radius 1 is 0.647 bits per heavy atom. The molecule has 0 amide bonds. The molecule has 0 aliphatic heterocycles. The van der Waals surface area contributed by atoms with Crippen LogP contribution >= 0.6 is 0 Å². The topological polar surface area (TPSA) is 8.17 Å². The fraction of sp³-hybridized carbons (Fsp3) is 0.185. The summed E-state index contributed by atoms with van der Waals surface area (Å²) in [5, 5.41) is 0. The van der Waals surface area contributed by atoms with Crippen molar-refractivity contribution in [3.8, 4) is 0 Å². The normalized spacial score (nSPS) is 11.8. The van der Waals surface area contributed by atoms with Crippen LogP contribution in [0.15, 0.2) is 91.1 Å². The van der Waals surface area contributed by atoms with Crippen LogP contribution in [0.25, 0.3) is 0 Å². The maximum Gasteiger partial charge on any atom is 0.416 e. The molecular formula is C27H23F5N2. The van der Waals surface area contributed by atoms with Crippen LogP contribution in [0.5, 0.6) is 0 Å². The second kappa shape index (κ2) is 10.2. The number of halogens is 5. The standard InChI is InChI=1S/C27H23F5N2/c28-24-13-22(14-25(29)15-24)17-33(16-20-5-2-1-3-6-20)19-26-7-4-12-34(26)18-21-8-10-23(11-9-21)27(30,31)32/h1-15H,16-19H2. The third-order valence-electron chi connectivity index (χ3n) is 5.52. The number of hydrogen-bond donors (Lipinski definition) is 0. The highest BCUT2D eigenvalue weighted by atomic mass is 19.4. The van der Waals surface area contributed by atoms with Crippen molar-refractivity contribution >= 4 is 0 Å². The van der Waals surface area contributed by atoms with Crippen LogP contribution in [0.4, 0.5) is 22.0 Å². The van der Waals surface area contributed by atoms with Gasteiger partial charge < -0.3 is 4.57 Å². The Morgan fingerprint density at radius 3 is 1.94 bits per heavy atom. The van der Waals surface area contributed by atoms with Crippen LogP contribution < -0.4 is 0 Å². The molecule has 0 spiro atoms. The average molecular weight is 470 g/mol. The third-order valence-corrected chi connectivity index (χ3v) is 5.52. The van der Waals surface area contributed by atoms with Gasteiger partial charge in [-0.05, 0) is 53.1 Å². The Balaban J connectivity index is 1.54. The van der Waals surface area contributed by atoms with E-state index in [9.17, 15) is 22.0 Å². The molecule has 4 aromatic rings. The Hall–Kier alpha value is -3.45. The predicted molar refractivity (Wildman–Crippen MR) is 121 cm³/mol. The van der Waals surface area contributed by atoms with E-state index in [-0.39, 0.29) is 0 Å². The number of benzene rings is 3. The van der Waals surface area contributed by atoms with Gasteiger partial charge in [0.1, 0.15) is 11.6 Å². The van der Waals surface area contributed by atoms with E-state index in [1.165, 1.54) is 24.3 Å². The molecule has 34 heavy (non-hydrogen) atoms. The zero-order chi connectivity index (χ0) is 24.1. The molecule has 1 heterocycles. The minimum Gasteiger partial charge on any atom is -0.346 e. The van der Waals surface area contributed by atoms with Crippen molar-refractivity contribution in [1.29, 1.82) is 0 Å². The predicted octanol–water partition coefficient (Wildman–Crippen LogP) is 7.04. The van der Waals surface area contributed by atoms with E-state index in [0.29, 0.717) is 31.7 Å². The second-order valence-electron chi connectivity index (χ2n) is 8.23. The van der Waals surface area contributed by atoms with Crippen LogP contribution in [-0.2, 0) is 32.4 Å². The first kappa shape index (κ1) is 23.7. The largest absolute Gasteiger partial charge is 0.416 e. The fourth-order valence-corrected chi connectivity index (χ4v) is 3.94. The lowest BCUT2D eigenvalue weighted by Gasteiger charge is -2.24. The van der Waals surface area contributed by atoms with Gasteiger partial charge in [-0.1, -0.05) is 42.5 Å². The molecule has 0 bridgehead atoms. The maximum atomic E-state index is 13.8. The van der Waals surface area contributed by atoms with E-state index in [0.717, 1.165) is 35.0 Å². The molecule has 0 saturated heterocycles. The number of rotatable bonds is 8.